The molecular formula is C21H17BrN2O2. The molecule has 130 valence electrons. The number of benzene rings is 3. The summed E-state index contributed by atoms with van der Waals surface area (Å²) in [4.78, 5) is 16.5. The van der Waals surface area contributed by atoms with Crippen LogP contribution in [0, 0.1) is 5.92 Å². The van der Waals surface area contributed by atoms with Crippen LogP contribution in [0.4, 0.5) is 5.69 Å². The fourth-order valence-corrected chi connectivity index (χ4v) is 3.36. The van der Waals surface area contributed by atoms with Gasteiger partial charge in [-0.15, -0.1) is 0 Å². The molecule has 26 heavy (non-hydrogen) atoms. The van der Waals surface area contributed by atoms with Crippen molar-refractivity contribution in [3.05, 3.63) is 59.1 Å². The number of halogens is 1. The first kappa shape index (κ1) is 16.8. The molecular weight excluding hydrogens is 392 g/mol. The van der Waals surface area contributed by atoms with Gasteiger partial charge in [-0.25, -0.2) is 4.98 Å². The van der Waals surface area contributed by atoms with Gasteiger partial charge in [0.25, 0.3) is 0 Å². The number of hydrogen-bond acceptors (Lipinski definition) is 3. The van der Waals surface area contributed by atoms with Crippen LogP contribution in [-0.2, 0) is 4.79 Å². The summed E-state index contributed by atoms with van der Waals surface area (Å²) >= 11 is 3.59. The summed E-state index contributed by atoms with van der Waals surface area (Å²) in [5, 5.41) is 5.07. The first-order chi connectivity index (χ1) is 12.5. The first-order valence-corrected chi connectivity index (χ1v) is 9.21. The minimum absolute atomic E-state index is 0.0213. The lowest BCUT2D eigenvalue weighted by Gasteiger charge is -2.06. The minimum atomic E-state index is -0.0762. The molecule has 3 aromatic carbocycles. The van der Waals surface area contributed by atoms with Crippen LogP contribution in [0.5, 0.6) is 0 Å². The molecule has 5 heteroatoms. The van der Waals surface area contributed by atoms with E-state index in [1.807, 2.05) is 56.3 Å². The quantitative estimate of drug-likeness (QED) is 0.451. The van der Waals surface area contributed by atoms with E-state index < -0.39 is 0 Å². The number of hydrogen-bond donors (Lipinski definition) is 1. The van der Waals surface area contributed by atoms with Crippen molar-refractivity contribution in [2.24, 2.45) is 5.92 Å². The topological polar surface area (TPSA) is 55.1 Å². The summed E-state index contributed by atoms with van der Waals surface area (Å²) in [7, 11) is 0. The average molecular weight is 409 g/mol. The van der Waals surface area contributed by atoms with Crippen molar-refractivity contribution < 1.29 is 9.21 Å². The molecule has 0 bridgehead atoms. The normalized spacial score (nSPS) is 11.4. The molecule has 4 aromatic rings. The zero-order valence-corrected chi connectivity index (χ0v) is 16.0. The highest BCUT2D eigenvalue weighted by Gasteiger charge is 2.13. The Bertz CT molecular complexity index is 1130. The SMILES string of the molecule is CC(C)C(=O)Nc1ccc2oc(-c3cccc4c(Br)cccc34)nc2c1. The van der Waals surface area contributed by atoms with E-state index in [9.17, 15) is 4.79 Å². The van der Waals surface area contributed by atoms with Crippen molar-refractivity contribution >= 4 is 49.4 Å². The van der Waals surface area contributed by atoms with Crippen molar-refractivity contribution in [2.75, 3.05) is 5.32 Å². The Balaban J connectivity index is 1.79. The van der Waals surface area contributed by atoms with Crippen LogP contribution >= 0.6 is 15.9 Å². The van der Waals surface area contributed by atoms with E-state index in [0.717, 1.165) is 26.5 Å². The maximum Gasteiger partial charge on any atom is 0.227 e. The lowest BCUT2D eigenvalue weighted by Crippen LogP contribution is -2.17. The molecule has 0 fully saturated rings. The van der Waals surface area contributed by atoms with Crippen LogP contribution in [0.1, 0.15) is 13.8 Å². The molecule has 0 unspecified atom stereocenters. The lowest BCUT2D eigenvalue weighted by molar-refractivity contribution is -0.118. The lowest BCUT2D eigenvalue weighted by atomic mass is 10.0. The highest BCUT2D eigenvalue weighted by atomic mass is 79.9. The fourth-order valence-electron chi connectivity index (χ4n) is 2.87. The summed E-state index contributed by atoms with van der Waals surface area (Å²) in [6.45, 7) is 3.72. The highest BCUT2D eigenvalue weighted by Crippen LogP contribution is 2.34. The average Bonchev–Trinajstić information content (AvgIpc) is 3.04. The van der Waals surface area contributed by atoms with Gasteiger partial charge in [-0.05, 0) is 41.1 Å². The van der Waals surface area contributed by atoms with Gasteiger partial charge in [0.1, 0.15) is 5.52 Å². The predicted molar refractivity (Wildman–Crippen MR) is 108 cm³/mol. The molecule has 0 radical (unpaired) electrons. The van der Waals surface area contributed by atoms with Crippen molar-refractivity contribution in [1.29, 1.82) is 0 Å². The largest absolute Gasteiger partial charge is 0.436 e. The number of amides is 1. The van der Waals surface area contributed by atoms with Gasteiger partial charge in [-0.2, -0.15) is 0 Å². The molecule has 0 aliphatic rings. The van der Waals surface area contributed by atoms with Crippen LogP contribution < -0.4 is 5.32 Å². The van der Waals surface area contributed by atoms with Crippen LogP contribution in [-0.4, -0.2) is 10.9 Å². The smallest absolute Gasteiger partial charge is 0.227 e. The predicted octanol–water partition coefficient (Wildman–Crippen LogP) is 6.01. The number of nitrogens with zero attached hydrogens (tertiary/aromatic N) is 1. The second-order valence-electron chi connectivity index (χ2n) is 6.49. The van der Waals surface area contributed by atoms with Crippen molar-refractivity contribution in [3.63, 3.8) is 0 Å². The summed E-state index contributed by atoms with van der Waals surface area (Å²) in [5.74, 6) is 0.468. The van der Waals surface area contributed by atoms with Gasteiger partial charge in [0.05, 0.1) is 0 Å². The van der Waals surface area contributed by atoms with Crippen LogP contribution in [0.25, 0.3) is 33.3 Å². The minimum Gasteiger partial charge on any atom is -0.436 e. The van der Waals surface area contributed by atoms with E-state index in [0.29, 0.717) is 17.0 Å². The molecule has 0 spiro atoms. The van der Waals surface area contributed by atoms with E-state index in [-0.39, 0.29) is 11.8 Å². The van der Waals surface area contributed by atoms with Crippen molar-refractivity contribution in [2.45, 2.75) is 13.8 Å². The second kappa shape index (κ2) is 6.57. The van der Waals surface area contributed by atoms with Gasteiger partial charge in [0.2, 0.25) is 11.8 Å². The van der Waals surface area contributed by atoms with E-state index in [1.165, 1.54) is 0 Å². The van der Waals surface area contributed by atoms with Gasteiger partial charge in [0, 0.05) is 21.6 Å². The van der Waals surface area contributed by atoms with E-state index >= 15 is 0 Å². The molecule has 4 nitrogen and oxygen atoms in total. The maximum atomic E-state index is 11.9. The highest BCUT2D eigenvalue weighted by molar-refractivity contribution is 9.10. The van der Waals surface area contributed by atoms with Crippen molar-refractivity contribution in [1.82, 2.24) is 4.98 Å². The molecule has 0 aliphatic heterocycles. The van der Waals surface area contributed by atoms with Crippen LogP contribution in [0.2, 0.25) is 0 Å². The number of rotatable bonds is 3. The summed E-state index contributed by atoms with van der Waals surface area (Å²) in [6.07, 6.45) is 0. The summed E-state index contributed by atoms with van der Waals surface area (Å²) in [5.41, 5.74) is 3.06. The number of anilines is 1. The molecule has 1 amide bonds. The van der Waals surface area contributed by atoms with E-state index in [4.69, 9.17) is 4.42 Å². The Hall–Kier alpha value is -2.66. The molecule has 4 rings (SSSR count). The van der Waals surface area contributed by atoms with E-state index in [1.54, 1.807) is 0 Å². The molecule has 0 aliphatic carbocycles. The Labute approximate surface area is 159 Å². The number of nitrogens with one attached hydrogen (secondary N) is 1. The zero-order valence-electron chi connectivity index (χ0n) is 14.4. The van der Waals surface area contributed by atoms with Gasteiger partial charge < -0.3 is 9.73 Å². The van der Waals surface area contributed by atoms with Crippen molar-refractivity contribution in [3.8, 4) is 11.5 Å². The number of oxazole rings is 1. The zero-order chi connectivity index (χ0) is 18.3. The van der Waals surface area contributed by atoms with Gasteiger partial charge in [0.15, 0.2) is 5.58 Å². The Kier molecular flexibility index (Phi) is 4.24. The second-order valence-corrected chi connectivity index (χ2v) is 7.34. The third-order valence-corrected chi connectivity index (χ3v) is 4.97. The van der Waals surface area contributed by atoms with Crippen LogP contribution in [0.3, 0.4) is 0 Å². The third kappa shape index (κ3) is 2.99. The molecule has 1 N–H and O–H groups in total. The molecule has 1 heterocycles. The fraction of sp³-hybridized carbons (Fsp3) is 0.143. The molecule has 0 saturated heterocycles. The Morgan fingerprint density at radius 2 is 1.85 bits per heavy atom. The van der Waals surface area contributed by atoms with E-state index in [2.05, 4.69) is 38.4 Å². The first-order valence-electron chi connectivity index (χ1n) is 8.42. The van der Waals surface area contributed by atoms with Gasteiger partial charge in [-0.1, -0.05) is 54.0 Å². The van der Waals surface area contributed by atoms with Crippen LogP contribution in [0.15, 0.2) is 63.5 Å². The summed E-state index contributed by atoms with van der Waals surface area (Å²) in [6, 6.07) is 17.6. The monoisotopic (exact) mass is 408 g/mol. The molecule has 0 atom stereocenters. The molecule has 0 saturated carbocycles. The van der Waals surface area contributed by atoms with Gasteiger partial charge in [-0.3, -0.25) is 4.79 Å². The number of carbonyl (C=O) groups excluding carboxylic acids is 1. The number of carbonyl (C=O) groups is 1. The number of fused-ring (bicyclic) bond motifs is 2. The maximum absolute atomic E-state index is 11.9. The summed E-state index contributed by atoms with van der Waals surface area (Å²) < 4.78 is 7.00. The number of aromatic nitrogens is 1. The van der Waals surface area contributed by atoms with Gasteiger partial charge >= 0.3 is 0 Å². The molecule has 1 aromatic heterocycles. The third-order valence-electron chi connectivity index (χ3n) is 4.28. The Morgan fingerprint density at radius 1 is 1.08 bits per heavy atom. The standard InChI is InChI=1S/C21H17BrN2O2/c1-12(2)20(25)23-13-9-10-19-18(11-13)24-21(26-19)16-7-3-6-15-14(16)5-4-8-17(15)22/h3-12H,1-2H3,(H,23,25). The Morgan fingerprint density at radius 3 is 2.65 bits per heavy atom.